The van der Waals surface area contributed by atoms with Crippen molar-refractivity contribution in [2.24, 2.45) is 5.92 Å². The lowest BCUT2D eigenvalue weighted by atomic mass is 10.0. The Labute approximate surface area is 117 Å². The lowest BCUT2D eigenvalue weighted by Crippen LogP contribution is -2.38. The first-order chi connectivity index (χ1) is 9.40. The van der Waals surface area contributed by atoms with Gasteiger partial charge in [0.1, 0.15) is 5.56 Å². The van der Waals surface area contributed by atoms with Gasteiger partial charge in [-0.2, -0.15) is 0 Å². The van der Waals surface area contributed by atoms with Gasteiger partial charge in [-0.15, -0.1) is 0 Å². The minimum Gasteiger partial charge on any atom is -0.481 e. The third kappa shape index (κ3) is 3.18. The average Bonchev–Trinajstić information content (AvgIpc) is 3.10. The van der Waals surface area contributed by atoms with E-state index < -0.39 is 5.97 Å². The molecule has 1 aromatic heterocycles. The Morgan fingerprint density at radius 2 is 2.10 bits per heavy atom. The van der Waals surface area contributed by atoms with Crippen LogP contribution < -0.4 is 5.32 Å². The Kier molecular flexibility index (Phi) is 4.11. The number of aliphatic carboxylic acids is 1. The van der Waals surface area contributed by atoms with Crippen molar-refractivity contribution >= 4 is 11.9 Å². The molecule has 1 atom stereocenters. The monoisotopic (exact) mass is 280 g/mol. The summed E-state index contributed by atoms with van der Waals surface area (Å²) in [4.78, 5) is 23.2. The number of carboxylic acid groups (broad SMARTS) is 1. The van der Waals surface area contributed by atoms with Crippen LogP contribution >= 0.6 is 0 Å². The van der Waals surface area contributed by atoms with Crippen LogP contribution in [0, 0.1) is 12.8 Å². The second kappa shape index (κ2) is 5.64. The summed E-state index contributed by atoms with van der Waals surface area (Å²) in [5.74, 6) is -0.308. The molecule has 1 aliphatic carbocycles. The van der Waals surface area contributed by atoms with E-state index in [0.29, 0.717) is 17.0 Å². The molecule has 0 radical (unpaired) electrons. The zero-order valence-corrected chi connectivity index (χ0v) is 12.0. The maximum Gasteiger partial charge on any atom is 0.305 e. The average molecular weight is 280 g/mol. The number of hydrogen-bond donors (Lipinski definition) is 2. The Balaban J connectivity index is 2.14. The fraction of sp³-hybridized carbons (Fsp3) is 0.643. The zero-order chi connectivity index (χ0) is 14.9. The molecule has 0 aromatic carbocycles. The van der Waals surface area contributed by atoms with Crippen LogP contribution in [0.2, 0.25) is 0 Å². The molecule has 1 fully saturated rings. The Morgan fingerprint density at radius 3 is 2.60 bits per heavy atom. The number of carbonyl (C=O) groups excluding carboxylic acids is 1. The molecule has 2 N–H and O–H groups in total. The molecule has 1 aliphatic rings. The molecule has 1 heterocycles. The van der Waals surface area contributed by atoms with Crippen molar-refractivity contribution in [2.75, 3.05) is 0 Å². The second-order valence-corrected chi connectivity index (χ2v) is 5.68. The molecular formula is C14H20N2O4. The van der Waals surface area contributed by atoms with Crippen LogP contribution in [0.15, 0.2) is 4.52 Å². The van der Waals surface area contributed by atoms with Crippen LogP contribution in [0.1, 0.15) is 60.8 Å². The highest BCUT2D eigenvalue weighted by Gasteiger charge is 2.35. The molecule has 1 saturated carbocycles. The smallest absolute Gasteiger partial charge is 0.305 e. The molecule has 2 rings (SSSR count). The van der Waals surface area contributed by atoms with Gasteiger partial charge in [0.25, 0.3) is 5.91 Å². The Hall–Kier alpha value is -1.85. The molecule has 0 spiro atoms. The van der Waals surface area contributed by atoms with Gasteiger partial charge in [-0.25, -0.2) is 0 Å². The molecule has 1 aromatic rings. The first kappa shape index (κ1) is 14.6. The predicted molar refractivity (Wildman–Crippen MR) is 71.6 cm³/mol. The first-order valence-electron chi connectivity index (χ1n) is 6.89. The van der Waals surface area contributed by atoms with E-state index in [2.05, 4.69) is 10.5 Å². The molecule has 0 saturated heterocycles. The summed E-state index contributed by atoms with van der Waals surface area (Å²) < 4.78 is 5.19. The largest absolute Gasteiger partial charge is 0.481 e. The molecule has 6 heteroatoms. The predicted octanol–water partition coefficient (Wildman–Crippen LogP) is 2.09. The van der Waals surface area contributed by atoms with Crippen LogP contribution in [0.5, 0.6) is 0 Å². The van der Waals surface area contributed by atoms with Gasteiger partial charge < -0.3 is 14.9 Å². The summed E-state index contributed by atoms with van der Waals surface area (Å²) in [6, 6.07) is -0.311. The van der Waals surface area contributed by atoms with E-state index in [-0.39, 0.29) is 30.2 Å². The standard InChI is InChI=1S/C14H20N2O4/c1-7(2)13-12(8(3)16-20-13)14(19)15-10(6-11(17)18)9-4-5-9/h7,9-10H,4-6H2,1-3H3,(H,15,19)(H,17,18). The SMILES string of the molecule is Cc1noc(C(C)C)c1C(=O)NC(CC(=O)O)C1CC1. The van der Waals surface area contributed by atoms with E-state index in [1.807, 2.05) is 13.8 Å². The molecule has 20 heavy (non-hydrogen) atoms. The summed E-state index contributed by atoms with van der Waals surface area (Å²) in [6.07, 6.45) is 1.90. The van der Waals surface area contributed by atoms with Crippen LogP contribution in [-0.4, -0.2) is 28.2 Å². The number of carbonyl (C=O) groups is 2. The second-order valence-electron chi connectivity index (χ2n) is 5.68. The fourth-order valence-electron chi connectivity index (χ4n) is 2.32. The summed E-state index contributed by atoms with van der Waals surface area (Å²) >= 11 is 0. The molecule has 1 unspecified atom stereocenters. The van der Waals surface area contributed by atoms with Crippen molar-refractivity contribution in [1.29, 1.82) is 0 Å². The molecule has 1 amide bonds. The van der Waals surface area contributed by atoms with E-state index in [1.54, 1.807) is 6.92 Å². The Morgan fingerprint density at radius 1 is 1.45 bits per heavy atom. The molecular weight excluding hydrogens is 260 g/mol. The summed E-state index contributed by atoms with van der Waals surface area (Å²) in [5.41, 5.74) is 0.979. The number of nitrogens with zero attached hydrogens (tertiary/aromatic N) is 1. The van der Waals surface area contributed by atoms with Gasteiger partial charge in [-0.3, -0.25) is 9.59 Å². The van der Waals surface area contributed by atoms with Crippen molar-refractivity contribution in [1.82, 2.24) is 10.5 Å². The van der Waals surface area contributed by atoms with Crippen LogP contribution in [0.3, 0.4) is 0 Å². The molecule has 0 aliphatic heterocycles. The van der Waals surface area contributed by atoms with Crippen LogP contribution in [0.4, 0.5) is 0 Å². The number of aryl methyl sites for hydroxylation is 1. The fourth-order valence-corrected chi connectivity index (χ4v) is 2.32. The van der Waals surface area contributed by atoms with E-state index >= 15 is 0 Å². The maximum absolute atomic E-state index is 12.4. The van der Waals surface area contributed by atoms with Gasteiger partial charge in [-0.05, 0) is 25.7 Å². The van der Waals surface area contributed by atoms with E-state index in [4.69, 9.17) is 9.63 Å². The van der Waals surface area contributed by atoms with Gasteiger partial charge in [-0.1, -0.05) is 19.0 Å². The van der Waals surface area contributed by atoms with E-state index in [9.17, 15) is 9.59 Å². The highest BCUT2D eigenvalue weighted by atomic mass is 16.5. The highest BCUT2D eigenvalue weighted by Crippen LogP contribution is 2.34. The lowest BCUT2D eigenvalue weighted by molar-refractivity contribution is -0.137. The number of rotatable bonds is 6. The first-order valence-corrected chi connectivity index (χ1v) is 6.89. The lowest BCUT2D eigenvalue weighted by Gasteiger charge is -2.16. The number of nitrogens with one attached hydrogen (secondary N) is 1. The van der Waals surface area contributed by atoms with E-state index in [1.165, 1.54) is 0 Å². The van der Waals surface area contributed by atoms with Gasteiger partial charge in [0.15, 0.2) is 5.76 Å². The Bertz CT molecular complexity index is 517. The number of hydrogen-bond acceptors (Lipinski definition) is 4. The van der Waals surface area contributed by atoms with E-state index in [0.717, 1.165) is 12.8 Å². The summed E-state index contributed by atoms with van der Waals surface area (Å²) in [5, 5.41) is 15.6. The van der Waals surface area contributed by atoms with Crippen molar-refractivity contribution in [2.45, 2.75) is 52.0 Å². The molecule has 6 nitrogen and oxygen atoms in total. The van der Waals surface area contributed by atoms with Crippen molar-refractivity contribution in [3.8, 4) is 0 Å². The number of amides is 1. The normalized spacial score (nSPS) is 16.2. The quantitative estimate of drug-likeness (QED) is 0.832. The molecule has 0 bridgehead atoms. The minimum atomic E-state index is -0.895. The van der Waals surface area contributed by atoms with Crippen LogP contribution in [0.25, 0.3) is 0 Å². The van der Waals surface area contributed by atoms with Crippen LogP contribution in [-0.2, 0) is 4.79 Å². The topological polar surface area (TPSA) is 92.4 Å². The summed E-state index contributed by atoms with van der Waals surface area (Å²) in [6.45, 7) is 5.56. The third-order valence-corrected chi connectivity index (χ3v) is 3.54. The number of carboxylic acids is 1. The summed E-state index contributed by atoms with van der Waals surface area (Å²) in [7, 11) is 0. The van der Waals surface area contributed by atoms with Crippen molar-refractivity contribution in [3.05, 3.63) is 17.0 Å². The van der Waals surface area contributed by atoms with Gasteiger partial charge in [0.05, 0.1) is 12.1 Å². The van der Waals surface area contributed by atoms with Crippen molar-refractivity contribution in [3.63, 3.8) is 0 Å². The number of aromatic nitrogens is 1. The van der Waals surface area contributed by atoms with Gasteiger partial charge >= 0.3 is 5.97 Å². The molecule has 110 valence electrons. The maximum atomic E-state index is 12.4. The zero-order valence-electron chi connectivity index (χ0n) is 12.0. The highest BCUT2D eigenvalue weighted by molar-refractivity contribution is 5.96. The minimum absolute atomic E-state index is 0.0439. The van der Waals surface area contributed by atoms with Gasteiger partial charge in [0, 0.05) is 12.0 Å². The van der Waals surface area contributed by atoms with Crippen molar-refractivity contribution < 1.29 is 19.2 Å². The third-order valence-electron chi connectivity index (χ3n) is 3.54. The van der Waals surface area contributed by atoms with Gasteiger partial charge in [0.2, 0.25) is 0 Å².